The molecule has 41 heavy (non-hydrogen) atoms. The molecule has 0 radical (unpaired) electrons. The Morgan fingerprint density at radius 1 is 0.805 bits per heavy atom. The summed E-state index contributed by atoms with van der Waals surface area (Å²) in [6.07, 6.45) is 0. The number of carbonyl (C=O) groups excluding carboxylic acids is 1. The molecule has 0 saturated carbocycles. The summed E-state index contributed by atoms with van der Waals surface area (Å²) in [7, 11) is -2.46. The average Bonchev–Trinajstić information content (AvgIpc) is 3.01. The Hall–Kier alpha value is -4.14. The zero-order chi connectivity index (χ0) is 28.8. The van der Waals surface area contributed by atoms with Crippen molar-refractivity contribution in [1.82, 2.24) is 9.80 Å². The van der Waals surface area contributed by atoms with E-state index in [1.54, 1.807) is 55.3 Å². The van der Waals surface area contributed by atoms with Gasteiger partial charge < -0.3 is 9.64 Å². The van der Waals surface area contributed by atoms with Gasteiger partial charge in [0.2, 0.25) is 5.91 Å². The number of methoxy groups -OCH3 is 1. The van der Waals surface area contributed by atoms with Crippen LogP contribution in [0.15, 0.2) is 114 Å². The summed E-state index contributed by atoms with van der Waals surface area (Å²) in [6, 6.07) is 34.4. The number of rotatable bonds is 9. The third kappa shape index (κ3) is 6.29. The lowest BCUT2D eigenvalue weighted by Gasteiger charge is -2.40. The highest BCUT2D eigenvalue weighted by molar-refractivity contribution is 7.92. The molecular weight excluding hydrogens is 534 g/mol. The summed E-state index contributed by atoms with van der Waals surface area (Å²) in [6.45, 7) is 3.90. The van der Waals surface area contributed by atoms with E-state index < -0.39 is 10.0 Å². The number of hydrogen-bond donors (Lipinski definition) is 0. The molecule has 1 aliphatic heterocycles. The summed E-state index contributed by atoms with van der Waals surface area (Å²) >= 11 is 0. The fourth-order valence-corrected chi connectivity index (χ4v) is 6.88. The van der Waals surface area contributed by atoms with Crippen LogP contribution < -0.4 is 9.04 Å². The minimum atomic E-state index is -4.01. The summed E-state index contributed by atoms with van der Waals surface area (Å²) in [5.41, 5.74) is 3.56. The van der Waals surface area contributed by atoms with Crippen molar-refractivity contribution >= 4 is 21.6 Å². The van der Waals surface area contributed by atoms with Gasteiger partial charge in [0.05, 0.1) is 23.7 Å². The molecule has 0 aliphatic carbocycles. The molecule has 0 bridgehead atoms. The van der Waals surface area contributed by atoms with E-state index in [4.69, 9.17) is 4.74 Å². The molecule has 1 amide bonds. The van der Waals surface area contributed by atoms with E-state index >= 15 is 0 Å². The van der Waals surface area contributed by atoms with Crippen molar-refractivity contribution in [2.24, 2.45) is 0 Å². The molecule has 0 aromatic heterocycles. The van der Waals surface area contributed by atoms with Gasteiger partial charge in [-0.3, -0.25) is 14.0 Å². The highest BCUT2D eigenvalue weighted by Gasteiger charge is 2.32. The SMILES string of the molecule is COc1ccc(S(=O)(=O)N(CC(=O)N2CCN(C(c3ccccc3)c3ccccc3)CC2)c2ccccc2)cc1C. The molecule has 1 saturated heterocycles. The van der Waals surface area contributed by atoms with Gasteiger partial charge in [-0.25, -0.2) is 8.42 Å². The van der Waals surface area contributed by atoms with Crippen molar-refractivity contribution < 1.29 is 17.9 Å². The van der Waals surface area contributed by atoms with Gasteiger partial charge in [-0.05, 0) is 53.9 Å². The van der Waals surface area contributed by atoms with Gasteiger partial charge in [-0.15, -0.1) is 0 Å². The second-order valence-corrected chi connectivity index (χ2v) is 12.0. The molecule has 212 valence electrons. The summed E-state index contributed by atoms with van der Waals surface area (Å²) in [5.74, 6) is 0.381. The van der Waals surface area contributed by atoms with Crippen molar-refractivity contribution in [3.63, 3.8) is 0 Å². The van der Waals surface area contributed by atoms with Crippen molar-refractivity contribution in [3.05, 3.63) is 126 Å². The van der Waals surface area contributed by atoms with Crippen LogP contribution in [0.3, 0.4) is 0 Å². The van der Waals surface area contributed by atoms with E-state index in [1.165, 1.54) is 21.5 Å². The standard InChI is InChI=1S/C33H35N3O4S/c1-26-24-30(18-19-31(26)40-2)41(38,39)36(29-16-10-5-11-17-29)25-32(37)34-20-22-35(23-21-34)33(27-12-6-3-7-13-27)28-14-8-4-9-15-28/h3-19,24,33H,20-23,25H2,1-2H3. The van der Waals surface area contributed by atoms with Crippen LogP contribution in [-0.4, -0.2) is 64.0 Å². The number of anilines is 1. The predicted molar refractivity (Wildman–Crippen MR) is 162 cm³/mol. The molecular formula is C33H35N3O4S. The van der Waals surface area contributed by atoms with E-state index in [2.05, 4.69) is 29.2 Å². The molecule has 8 heteroatoms. The number of hydrogen-bond acceptors (Lipinski definition) is 5. The Kier molecular flexibility index (Phi) is 8.71. The summed E-state index contributed by atoms with van der Waals surface area (Å²) in [5, 5.41) is 0. The lowest BCUT2D eigenvalue weighted by Crippen LogP contribution is -2.52. The Balaban J connectivity index is 1.35. The van der Waals surface area contributed by atoms with Crippen LogP contribution in [0.1, 0.15) is 22.7 Å². The molecule has 1 fully saturated rings. The quantitative estimate of drug-likeness (QED) is 0.280. The molecule has 1 aliphatic rings. The van der Waals surface area contributed by atoms with Crippen molar-refractivity contribution in [3.8, 4) is 5.75 Å². The number of sulfonamides is 1. The van der Waals surface area contributed by atoms with E-state index in [9.17, 15) is 13.2 Å². The second-order valence-electron chi connectivity index (χ2n) is 10.1. The third-order valence-electron chi connectivity index (χ3n) is 7.54. The Morgan fingerprint density at radius 2 is 1.34 bits per heavy atom. The first-order valence-electron chi connectivity index (χ1n) is 13.7. The highest BCUT2D eigenvalue weighted by Crippen LogP contribution is 2.30. The van der Waals surface area contributed by atoms with Gasteiger partial charge in [-0.1, -0.05) is 78.9 Å². The van der Waals surface area contributed by atoms with E-state index in [1.807, 2.05) is 42.5 Å². The average molecular weight is 570 g/mol. The Bertz CT molecular complexity index is 1520. The topological polar surface area (TPSA) is 70.2 Å². The number of amides is 1. The zero-order valence-corrected chi connectivity index (χ0v) is 24.2. The number of nitrogens with zero attached hydrogens (tertiary/aromatic N) is 3. The molecule has 0 N–H and O–H groups in total. The smallest absolute Gasteiger partial charge is 0.264 e. The summed E-state index contributed by atoms with van der Waals surface area (Å²) in [4.78, 5) is 17.9. The highest BCUT2D eigenvalue weighted by atomic mass is 32.2. The number of para-hydroxylation sites is 1. The van der Waals surface area contributed by atoms with Gasteiger partial charge in [0.1, 0.15) is 12.3 Å². The van der Waals surface area contributed by atoms with Crippen molar-refractivity contribution in [2.75, 3.05) is 44.1 Å². The third-order valence-corrected chi connectivity index (χ3v) is 9.31. The van der Waals surface area contributed by atoms with Crippen LogP contribution in [-0.2, 0) is 14.8 Å². The first kappa shape index (κ1) is 28.4. The normalized spacial score (nSPS) is 14.2. The maximum absolute atomic E-state index is 13.9. The maximum atomic E-state index is 13.9. The van der Waals surface area contributed by atoms with Gasteiger partial charge in [0, 0.05) is 26.2 Å². The van der Waals surface area contributed by atoms with E-state index in [0.29, 0.717) is 43.2 Å². The largest absolute Gasteiger partial charge is 0.496 e. The number of ether oxygens (including phenoxy) is 1. The number of benzene rings is 4. The summed E-state index contributed by atoms with van der Waals surface area (Å²) < 4.78 is 34.2. The van der Waals surface area contributed by atoms with Crippen LogP contribution in [0.5, 0.6) is 5.75 Å². The molecule has 0 atom stereocenters. The van der Waals surface area contributed by atoms with E-state index in [0.717, 1.165) is 0 Å². The lowest BCUT2D eigenvalue weighted by molar-refractivity contribution is -0.131. The minimum Gasteiger partial charge on any atom is -0.496 e. The van der Waals surface area contributed by atoms with Gasteiger partial charge in [-0.2, -0.15) is 0 Å². The lowest BCUT2D eigenvalue weighted by atomic mass is 9.96. The van der Waals surface area contributed by atoms with Gasteiger partial charge >= 0.3 is 0 Å². The molecule has 4 aromatic rings. The molecule has 4 aromatic carbocycles. The van der Waals surface area contributed by atoms with Crippen LogP contribution >= 0.6 is 0 Å². The monoisotopic (exact) mass is 569 g/mol. The van der Waals surface area contributed by atoms with Crippen LogP contribution in [0.2, 0.25) is 0 Å². The van der Waals surface area contributed by atoms with Gasteiger partial charge in [0.25, 0.3) is 10.0 Å². The van der Waals surface area contributed by atoms with Crippen LogP contribution in [0.25, 0.3) is 0 Å². The van der Waals surface area contributed by atoms with E-state index in [-0.39, 0.29) is 23.4 Å². The molecule has 0 unspecified atom stereocenters. The molecule has 7 nitrogen and oxygen atoms in total. The number of aryl methyl sites for hydroxylation is 1. The fraction of sp³-hybridized carbons (Fsp3) is 0.242. The first-order valence-corrected chi connectivity index (χ1v) is 15.2. The van der Waals surface area contributed by atoms with Gasteiger partial charge in [0.15, 0.2) is 0 Å². The number of carbonyl (C=O) groups is 1. The predicted octanol–water partition coefficient (Wildman–Crippen LogP) is 5.13. The van der Waals surface area contributed by atoms with Crippen molar-refractivity contribution in [2.45, 2.75) is 17.9 Å². The molecule has 1 heterocycles. The second kappa shape index (κ2) is 12.6. The Morgan fingerprint density at radius 3 is 1.85 bits per heavy atom. The molecule has 5 rings (SSSR count). The first-order chi connectivity index (χ1) is 19.9. The Labute approximate surface area is 242 Å². The minimum absolute atomic E-state index is 0.0779. The zero-order valence-electron chi connectivity index (χ0n) is 23.4. The number of piperazine rings is 1. The van der Waals surface area contributed by atoms with Crippen molar-refractivity contribution in [1.29, 1.82) is 0 Å². The fourth-order valence-electron chi connectivity index (χ4n) is 5.39. The van der Waals surface area contributed by atoms with Crippen LogP contribution in [0.4, 0.5) is 5.69 Å². The molecule has 0 spiro atoms. The maximum Gasteiger partial charge on any atom is 0.264 e. The van der Waals surface area contributed by atoms with Crippen LogP contribution in [0, 0.1) is 6.92 Å².